The summed E-state index contributed by atoms with van der Waals surface area (Å²) >= 11 is 6.04. The Morgan fingerprint density at radius 3 is 1.19 bits per heavy atom. The maximum atomic E-state index is 6.04. The Kier molecular flexibility index (Phi) is 15.1. The van der Waals surface area contributed by atoms with Gasteiger partial charge in [0, 0.05) is 43.4 Å². The molecule has 0 bridgehead atoms. The third kappa shape index (κ3) is 9.64. The normalized spacial score (nSPS) is 10.8. The molecule has 74 heavy (non-hydrogen) atoms. The van der Waals surface area contributed by atoms with Crippen LogP contribution in [-0.2, 0) is 6.42 Å². The minimum absolute atomic E-state index is 0. The lowest BCUT2D eigenvalue weighted by atomic mass is 9.94. The standard InChI is InChI=1S/C33H22N2.C22H13Cl.C12H11N.2CH4.B/c1-2-8-24(9-3-1)35(26-10-7-21-34-22-26)25-17-15-23(16-18-25)27-19-20-32-29-12-5-4-11-28(29)31-14-6-13-30(27)33(31)32;23-15-10-8-14(9-11-15)16-12-13-21-18-5-2-1-4-17(18)20-7-3-6-19(16)22(20)21;1-2-5-11(6-3-1)9-12-7-4-8-13-10-12;;;/h1-22H;1-13H;1-8,10H,9H2;2*1H4;. The number of hydrogen-bond acceptors (Lipinski definition) is 3. The molecule has 3 nitrogen and oxygen atoms in total. The fourth-order valence-corrected chi connectivity index (χ4v) is 10.5. The Bertz CT molecular complexity index is 3690. The van der Waals surface area contributed by atoms with Crippen molar-refractivity contribution in [2.45, 2.75) is 21.3 Å². The van der Waals surface area contributed by atoms with Gasteiger partial charge in [-0.15, -0.1) is 0 Å². The Morgan fingerprint density at radius 2 is 0.703 bits per heavy atom. The first-order valence-electron chi connectivity index (χ1n) is 24.0. The van der Waals surface area contributed by atoms with Crippen molar-refractivity contribution >= 4 is 58.6 Å². The molecule has 3 radical (unpaired) electrons. The van der Waals surface area contributed by atoms with Crippen LogP contribution in [0, 0.1) is 0 Å². The molecule has 0 N–H and O–H groups in total. The molecule has 0 fully saturated rings. The van der Waals surface area contributed by atoms with Crippen molar-refractivity contribution in [2.24, 2.45) is 0 Å². The lowest BCUT2D eigenvalue weighted by Crippen LogP contribution is -2.09. The molecule has 5 heteroatoms. The average Bonchev–Trinajstić information content (AvgIpc) is 3.98. The van der Waals surface area contributed by atoms with Gasteiger partial charge in [-0.2, -0.15) is 0 Å². The maximum Gasteiger partial charge on any atom is 0.0644 e. The SMILES string of the molecule is C.C.Clc1ccc(-c2ccc3c4c(cccc24)-c2ccccc2-3)cc1.[B].c1ccc(Cc2cccnc2)cc1.c1ccc(N(c2ccc(-c3ccc4c5c(cccc35)-c3ccccc3-4)cc2)c2cccnc2)cc1. The van der Waals surface area contributed by atoms with E-state index in [4.69, 9.17) is 11.6 Å². The van der Waals surface area contributed by atoms with E-state index in [1.165, 1.54) is 99.4 Å². The van der Waals surface area contributed by atoms with Gasteiger partial charge in [-0.25, -0.2) is 0 Å². The molecular weight excluding hydrogens is 917 g/mol. The highest BCUT2D eigenvalue weighted by atomic mass is 35.5. The first-order chi connectivity index (χ1) is 35.2. The zero-order valence-corrected chi connectivity index (χ0v) is 40.2. The molecule has 2 aliphatic carbocycles. The lowest BCUT2D eigenvalue weighted by Gasteiger charge is -2.25. The van der Waals surface area contributed by atoms with E-state index >= 15 is 0 Å². The number of hydrogen-bond donors (Lipinski definition) is 0. The van der Waals surface area contributed by atoms with Crippen molar-refractivity contribution in [1.29, 1.82) is 0 Å². The van der Waals surface area contributed by atoms with Gasteiger partial charge in [0.2, 0.25) is 0 Å². The topological polar surface area (TPSA) is 29.0 Å². The van der Waals surface area contributed by atoms with E-state index in [0.717, 1.165) is 28.5 Å². The predicted octanol–water partition coefficient (Wildman–Crippen LogP) is 19.4. The summed E-state index contributed by atoms with van der Waals surface area (Å²) in [5, 5.41) is 6.10. The smallest absolute Gasteiger partial charge is 0.0644 e. The summed E-state index contributed by atoms with van der Waals surface area (Å²) in [6.45, 7) is 0. The number of aromatic nitrogens is 2. The molecule has 14 rings (SSSR count). The van der Waals surface area contributed by atoms with Crippen LogP contribution in [0.3, 0.4) is 0 Å². The minimum Gasteiger partial charge on any atom is -0.309 e. The van der Waals surface area contributed by atoms with Crippen molar-refractivity contribution in [2.75, 3.05) is 4.90 Å². The monoisotopic (exact) mass is 970 g/mol. The van der Waals surface area contributed by atoms with E-state index in [2.05, 4.69) is 221 Å². The van der Waals surface area contributed by atoms with Crippen LogP contribution in [0.2, 0.25) is 5.02 Å². The second kappa shape index (κ2) is 22.3. The molecule has 0 aliphatic heterocycles. The third-order valence-corrected chi connectivity index (χ3v) is 13.8. The predicted molar refractivity (Wildman–Crippen MR) is 318 cm³/mol. The molecule has 10 aromatic carbocycles. The molecule has 0 atom stereocenters. The van der Waals surface area contributed by atoms with Crippen LogP contribution in [0.4, 0.5) is 17.1 Å². The van der Waals surface area contributed by atoms with Crippen LogP contribution in [0.25, 0.3) is 88.3 Å². The molecule has 0 spiro atoms. The molecule has 2 aliphatic rings. The second-order valence-corrected chi connectivity index (χ2v) is 18.3. The van der Waals surface area contributed by atoms with Gasteiger partial charge in [0.25, 0.3) is 0 Å². The highest BCUT2D eigenvalue weighted by Crippen LogP contribution is 2.51. The summed E-state index contributed by atoms with van der Waals surface area (Å²) in [6.07, 6.45) is 8.39. The van der Waals surface area contributed by atoms with E-state index in [1.54, 1.807) is 6.20 Å². The molecular formula is C69H54BClN3. The molecule has 2 heterocycles. The third-order valence-electron chi connectivity index (χ3n) is 13.6. The van der Waals surface area contributed by atoms with Gasteiger partial charge in [0.05, 0.1) is 11.9 Å². The summed E-state index contributed by atoms with van der Waals surface area (Å²) in [6, 6.07) is 85.6. The Morgan fingerprint density at radius 1 is 0.311 bits per heavy atom. The van der Waals surface area contributed by atoms with Crippen LogP contribution < -0.4 is 4.90 Å². The second-order valence-electron chi connectivity index (χ2n) is 17.8. The number of pyridine rings is 2. The van der Waals surface area contributed by atoms with Crippen molar-refractivity contribution in [3.05, 3.63) is 284 Å². The fraction of sp³-hybridized carbons (Fsp3) is 0.0435. The van der Waals surface area contributed by atoms with Gasteiger partial charge in [0.15, 0.2) is 0 Å². The van der Waals surface area contributed by atoms with Crippen LogP contribution in [0.15, 0.2) is 267 Å². The van der Waals surface area contributed by atoms with Gasteiger partial charge < -0.3 is 4.90 Å². The molecule has 0 saturated carbocycles. The van der Waals surface area contributed by atoms with Crippen molar-refractivity contribution in [3.63, 3.8) is 0 Å². The van der Waals surface area contributed by atoms with Crippen molar-refractivity contribution < 1.29 is 0 Å². The number of halogens is 1. The van der Waals surface area contributed by atoms with Gasteiger partial charge in [-0.05, 0) is 160 Å². The average molecular weight is 971 g/mol. The van der Waals surface area contributed by atoms with Crippen LogP contribution in [0.1, 0.15) is 26.0 Å². The number of benzene rings is 10. The Hall–Kier alpha value is -8.83. The summed E-state index contributed by atoms with van der Waals surface area (Å²) in [7, 11) is 0. The van der Waals surface area contributed by atoms with Gasteiger partial charge in [0.1, 0.15) is 0 Å². The highest BCUT2D eigenvalue weighted by molar-refractivity contribution is 6.30. The molecule has 12 aromatic rings. The van der Waals surface area contributed by atoms with Crippen LogP contribution in [0.5, 0.6) is 0 Å². The Balaban J connectivity index is 0.000000148. The van der Waals surface area contributed by atoms with Gasteiger partial charge in [-0.1, -0.05) is 215 Å². The highest BCUT2D eigenvalue weighted by Gasteiger charge is 2.24. The van der Waals surface area contributed by atoms with Crippen LogP contribution >= 0.6 is 11.6 Å². The van der Waals surface area contributed by atoms with Crippen molar-refractivity contribution in [3.8, 4) is 66.8 Å². The first kappa shape index (κ1) is 50.1. The van der Waals surface area contributed by atoms with E-state index in [-0.39, 0.29) is 23.3 Å². The molecule has 2 aromatic heterocycles. The largest absolute Gasteiger partial charge is 0.309 e. The van der Waals surface area contributed by atoms with E-state index in [0.29, 0.717) is 0 Å². The number of nitrogens with zero attached hydrogens (tertiary/aromatic N) is 3. The van der Waals surface area contributed by atoms with E-state index < -0.39 is 0 Å². The zero-order valence-electron chi connectivity index (χ0n) is 39.4. The number of fused-ring (bicyclic) bond motifs is 6. The molecule has 0 saturated heterocycles. The summed E-state index contributed by atoms with van der Waals surface area (Å²) in [5.41, 5.74) is 21.4. The first-order valence-corrected chi connectivity index (χ1v) is 24.4. The summed E-state index contributed by atoms with van der Waals surface area (Å²) in [4.78, 5) is 10.7. The minimum atomic E-state index is 0. The van der Waals surface area contributed by atoms with Gasteiger partial charge >= 0.3 is 0 Å². The molecule has 0 amide bonds. The van der Waals surface area contributed by atoms with E-state index in [1.807, 2.05) is 55.0 Å². The number of anilines is 3. The maximum absolute atomic E-state index is 6.04. The van der Waals surface area contributed by atoms with E-state index in [9.17, 15) is 0 Å². The lowest BCUT2D eigenvalue weighted by molar-refractivity contribution is 1.15. The molecule has 355 valence electrons. The summed E-state index contributed by atoms with van der Waals surface area (Å²) in [5.74, 6) is 0. The number of rotatable bonds is 7. The van der Waals surface area contributed by atoms with Gasteiger partial charge in [-0.3, -0.25) is 9.97 Å². The molecule has 0 unspecified atom stereocenters. The van der Waals surface area contributed by atoms with Crippen molar-refractivity contribution in [1.82, 2.24) is 9.97 Å². The number of para-hydroxylation sites is 1. The zero-order chi connectivity index (χ0) is 47.5. The summed E-state index contributed by atoms with van der Waals surface area (Å²) < 4.78 is 0. The van der Waals surface area contributed by atoms with Crippen LogP contribution in [-0.4, -0.2) is 18.4 Å². The quantitative estimate of drug-likeness (QED) is 0.149. The Labute approximate surface area is 442 Å². The fourth-order valence-electron chi connectivity index (χ4n) is 10.4.